The summed E-state index contributed by atoms with van der Waals surface area (Å²) in [5.74, 6) is 1.50. The highest BCUT2D eigenvalue weighted by Gasteiger charge is 2.41. The third kappa shape index (κ3) is 4.88. The van der Waals surface area contributed by atoms with E-state index in [4.69, 9.17) is 0 Å². The summed E-state index contributed by atoms with van der Waals surface area (Å²) in [7, 11) is -2.53. The molecule has 3 aliphatic rings. The second-order valence-electron chi connectivity index (χ2n) is 10.7. The van der Waals surface area contributed by atoms with Crippen molar-refractivity contribution in [3.8, 4) is 10.4 Å². The number of nitrogens with zero attached hydrogens (tertiary/aromatic N) is 4. The molecule has 1 unspecified atom stereocenters. The minimum absolute atomic E-state index is 0.000808. The van der Waals surface area contributed by atoms with Crippen LogP contribution in [0, 0.1) is 12.8 Å². The zero-order valence-electron chi connectivity index (χ0n) is 22.7. The number of rotatable bonds is 8. The highest BCUT2D eigenvalue weighted by Crippen LogP contribution is 2.42. The van der Waals surface area contributed by atoms with Crippen LogP contribution in [0.5, 0.6) is 0 Å². The molecule has 2 aliphatic heterocycles. The van der Waals surface area contributed by atoms with E-state index < -0.39 is 10.0 Å². The van der Waals surface area contributed by atoms with E-state index in [1.165, 1.54) is 18.4 Å². The summed E-state index contributed by atoms with van der Waals surface area (Å²) in [5, 5.41) is 3.85. The van der Waals surface area contributed by atoms with Crippen molar-refractivity contribution < 1.29 is 18.0 Å². The quantitative estimate of drug-likeness (QED) is 0.404. The van der Waals surface area contributed by atoms with Gasteiger partial charge in [-0.2, -0.15) is 0 Å². The first kappa shape index (κ1) is 26.9. The summed E-state index contributed by atoms with van der Waals surface area (Å²) in [4.78, 5) is 39.4. The smallest absolute Gasteiger partial charge is 0.256 e. The van der Waals surface area contributed by atoms with E-state index in [1.807, 2.05) is 38.1 Å². The molecule has 0 radical (unpaired) electrons. The Labute approximate surface area is 237 Å². The van der Waals surface area contributed by atoms with Crippen LogP contribution in [-0.4, -0.2) is 54.7 Å². The van der Waals surface area contributed by atoms with Gasteiger partial charge in [-0.1, -0.05) is 17.4 Å². The average Bonchev–Trinajstić information content (AvgIpc) is 3.66. The van der Waals surface area contributed by atoms with Gasteiger partial charge in [0.2, 0.25) is 15.9 Å². The zero-order valence-corrected chi connectivity index (χ0v) is 24.4. The number of carbonyl (C=O) groups is 2. The second-order valence-corrected chi connectivity index (χ2v) is 13.5. The Hall–Kier alpha value is -3.35. The van der Waals surface area contributed by atoms with Crippen LogP contribution in [0.3, 0.4) is 0 Å². The number of pyridine rings is 1. The number of aryl methyl sites for hydroxylation is 1. The average molecular weight is 581 g/mol. The highest BCUT2D eigenvalue weighted by atomic mass is 32.2. The Morgan fingerprint density at radius 3 is 2.65 bits per heavy atom. The SMILES string of the molecule is CNS(=O)(=O)c1cc(-c2sc(Nc3cccc(N4CCCCC4=O)n3)nc2C)cc2c1C(=O)N(C(C)C1CC1)C2. The normalized spacial score (nSPS) is 18.3. The van der Waals surface area contributed by atoms with E-state index >= 15 is 0 Å². The molecular formula is C28H32N6O4S2. The zero-order chi connectivity index (χ0) is 28.2. The summed E-state index contributed by atoms with van der Waals surface area (Å²) in [6, 6.07) is 9.08. The van der Waals surface area contributed by atoms with Gasteiger partial charge in [-0.15, -0.1) is 0 Å². The first-order valence-electron chi connectivity index (χ1n) is 13.6. The molecule has 1 saturated carbocycles. The molecule has 1 atom stereocenters. The molecule has 1 aromatic carbocycles. The molecule has 6 rings (SSSR count). The molecule has 10 nitrogen and oxygen atoms in total. The Balaban J connectivity index is 1.33. The molecule has 12 heteroatoms. The van der Waals surface area contributed by atoms with E-state index in [0.717, 1.165) is 36.3 Å². The molecule has 1 aliphatic carbocycles. The van der Waals surface area contributed by atoms with Crippen LogP contribution in [0.25, 0.3) is 10.4 Å². The fourth-order valence-corrected chi connectivity index (χ4v) is 7.52. The predicted octanol–water partition coefficient (Wildman–Crippen LogP) is 4.44. The van der Waals surface area contributed by atoms with Crippen molar-refractivity contribution in [1.29, 1.82) is 0 Å². The predicted molar refractivity (Wildman–Crippen MR) is 154 cm³/mol. The number of amides is 2. The molecule has 40 heavy (non-hydrogen) atoms. The van der Waals surface area contributed by atoms with E-state index in [0.29, 0.717) is 53.3 Å². The van der Waals surface area contributed by atoms with Gasteiger partial charge in [0.1, 0.15) is 11.6 Å². The number of aromatic nitrogens is 2. The number of sulfonamides is 1. The second kappa shape index (κ2) is 10.2. The van der Waals surface area contributed by atoms with Crippen molar-refractivity contribution in [2.75, 3.05) is 23.8 Å². The lowest BCUT2D eigenvalue weighted by Crippen LogP contribution is -2.35. The van der Waals surface area contributed by atoms with Crippen LogP contribution < -0.4 is 14.9 Å². The van der Waals surface area contributed by atoms with Crippen LogP contribution in [0.4, 0.5) is 16.8 Å². The molecule has 2 N–H and O–H groups in total. The molecule has 2 aromatic heterocycles. The summed E-state index contributed by atoms with van der Waals surface area (Å²) < 4.78 is 28.6. The number of nitrogens with one attached hydrogen (secondary N) is 2. The van der Waals surface area contributed by atoms with E-state index in [1.54, 1.807) is 15.9 Å². The molecule has 1 saturated heterocycles. The molecule has 0 bridgehead atoms. The lowest BCUT2D eigenvalue weighted by molar-refractivity contribution is -0.119. The van der Waals surface area contributed by atoms with Crippen molar-refractivity contribution in [2.24, 2.45) is 5.92 Å². The minimum atomic E-state index is -3.89. The monoisotopic (exact) mass is 580 g/mol. The molecule has 2 fully saturated rings. The number of fused-ring (bicyclic) bond motifs is 1. The van der Waals surface area contributed by atoms with Crippen molar-refractivity contribution in [1.82, 2.24) is 19.6 Å². The third-order valence-corrected chi connectivity index (χ3v) is 10.5. The summed E-state index contributed by atoms with van der Waals surface area (Å²) in [6.07, 6.45) is 4.57. The largest absolute Gasteiger partial charge is 0.331 e. The van der Waals surface area contributed by atoms with Gasteiger partial charge in [0.15, 0.2) is 5.13 Å². The highest BCUT2D eigenvalue weighted by molar-refractivity contribution is 7.89. The lowest BCUT2D eigenvalue weighted by atomic mass is 10.0. The molecule has 2 amide bonds. The van der Waals surface area contributed by atoms with Gasteiger partial charge in [-0.3, -0.25) is 14.5 Å². The number of piperidine rings is 1. The molecule has 4 heterocycles. The van der Waals surface area contributed by atoms with E-state index in [2.05, 4.69) is 20.0 Å². The van der Waals surface area contributed by atoms with Gasteiger partial charge in [0.05, 0.1) is 21.0 Å². The Bertz CT molecular complexity index is 1610. The van der Waals surface area contributed by atoms with Crippen molar-refractivity contribution in [3.05, 3.63) is 47.2 Å². The van der Waals surface area contributed by atoms with Crippen LogP contribution in [0.1, 0.15) is 60.6 Å². The standard InChI is InChI=1S/C28H32N6O4S2/c1-16-26(39-28(30-16)32-22-7-6-8-23(31-22)33-12-5-4-9-24(33)35)19-13-20-15-34(17(2)18-10-11-18)27(36)25(20)21(14-19)40(37,38)29-3/h6-8,13-14,17-18,29H,4-5,9-12,15H2,1-3H3,(H,30,31,32). The maximum atomic E-state index is 13.4. The van der Waals surface area contributed by atoms with Crippen molar-refractivity contribution in [3.63, 3.8) is 0 Å². The maximum Gasteiger partial charge on any atom is 0.256 e. The third-order valence-electron chi connectivity index (χ3n) is 7.98. The van der Waals surface area contributed by atoms with Gasteiger partial charge >= 0.3 is 0 Å². The molecule has 3 aromatic rings. The van der Waals surface area contributed by atoms with Gasteiger partial charge in [-0.05, 0) is 87.9 Å². The van der Waals surface area contributed by atoms with Gasteiger partial charge < -0.3 is 10.2 Å². The number of anilines is 3. The Morgan fingerprint density at radius 2 is 1.93 bits per heavy atom. The molecule has 210 valence electrons. The number of hydrogen-bond donors (Lipinski definition) is 2. The van der Waals surface area contributed by atoms with Gasteiger partial charge in [0, 0.05) is 25.6 Å². The summed E-state index contributed by atoms with van der Waals surface area (Å²) >= 11 is 1.39. The molecular weight excluding hydrogens is 548 g/mol. The minimum Gasteiger partial charge on any atom is -0.331 e. The number of hydrogen-bond acceptors (Lipinski definition) is 8. The number of benzene rings is 1. The number of thiazole rings is 1. The van der Waals surface area contributed by atoms with E-state index in [9.17, 15) is 18.0 Å². The Kier molecular flexibility index (Phi) is 6.87. The molecule has 0 spiro atoms. The van der Waals surface area contributed by atoms with Gasteiger partial charge in [0.25, 0.3) is 5.91 Å². The van der Waals surface area contributed by atoms with Crippen LogP contribution >= 0.6 is 11.3 Å². The Morgan fingerprint density at radius 1 is 1.12 bits per heavy atom. The van der Waals surface area contributed by atoms with Crippen LogP contribution in [0.15, 0.2) is 35.2 Å². The van der Waals surface area contributed by atoms with Crippen LogP contribution in [-0.2, 0) is 21.4 Å². The van der Waals surface area contributed by atoms with Crippen molar-refractivity contribution in [2.45, 2.75) is 63.4 Å². The fraction of sp³-hybridized carbons (Fsp3) is 0.429. The first-order valence-corrected chi connectivity index (χ1v) is 15.9. The van der Waals surface area contributed by atoms with Crippen molar-refractivity contribution >= 4 is 49.9 Å². The maximum absolute atomic E-state index is 13.4. The topological polar surface area (TPSA) is 125 Å². The first-order chi connectivity index (χ1) is 19.2. The van der Waals surface area contributed by atoms with Gasteiger partial charge in [-0.25, -0.2) is 23.1 Å². The fourth-order valence-electron chi connectivity index (χ4n) is 5.57. The lowest BCUT2D eigenvalue weighted by Gasteiger charge is -2.25. The summed E-state index contributed by atoms with van der Waals surface area (Å²) in [6.45, 7) is 4.97. The van der Waals surface area contributed by atoms with Crippen LogP contribution in [0.2, 0.25) is 0 Å². The summed E-state index contributed by atoms with van der Waals surface area (Å²) in [5.41, 5.74) is 2.41. The van der Waals surface area contributed by atoms with E-state index in [-0.39, 0.29) is 28.3 Å². The number of carbonyl (C=O) groups excluding carboxylic acids is 2.